The molecule has 5 rings (SSSR count). The van der Waals surface area contributed by atoms with Crippen molar-refractivity contribution < 1.29 is 23.1 Å². The van der Waals surface area contributed by atoms with Crippen molar-refractivity contribution in [3.05, 3.63) is 65.6 Å². The average molecular weight is 523 g/mol. The number of aliphatic hydroxyl groups excluding tert-OH is 1. The van der Waals surface area contributed by atoms with Crippen molar-refractivity contribution in [1.29, 1.82) is 5.26 Å². The number of carbonyl (C=O) groups is 1. The largest absolute Gasteiger partial charge is 0.392 e. The SMILES string of the molecule is CCN1C(=O)N(c2c(F)cc(NCCN[C@@H]3CC[C@@H]3O)cc2F)c2cc(C#N)ccc2-c2cc(F)cnc21. The second-order valence-corrected chi connectivity index (χ2v) is 9.15. The number of rotatable bonds is 7. The van der Waals surface area contributed by atoms with Crippen molar-refractivity contribution in [1.82, 2.24) is 10.3 Å². The molecule has 3 aromatic rings. The van der Waals surface area contributed by atoms with Gasteiger partial charge in [0, 0.05) is 42.5 Å². The minimum absolute atomic E-state index is 0.0219. The summed E-state index contributed by atoms with van der Waals surface area (Å²) in [5, 5.41) is 25.2. The summed E-state index contributed by atoms with van der Waals surface area (Å²) in [5.41, 5.74) is 0.277. The zero-order valence-electron chi connectivity index (χ0n) is 20.5. The van der Waals surface area contributed by atoms with Gasteiger partial charge in [-0.15, -0.1) is 0 Å². The highest BCUT2D eigenvalue weighted by molar-refractivity contribution is 6.14. The fraction of sp³-hybridized carbons (Fsp3) is 0.296. The van der Waals surface area contributed by atoms with E-state index in [1.807, 2.05) is 6.07 Å². The molecule has 0 saturated heterocycles. The second kappa shape index (κ2) is 10.3. The van der Waals surface area contributed by atoms with Gasteiger partial charge in [-0.2, -0.15) is 5.26 Å². The van der Waals surface area contributed by atoms with Gasteiger partial charge < -0.3 is 15.7 Å². The molecule has 2 amide bonds. The number of hydrogen-bond acceptors (Lipinski definition) is 6. The average Bonchev–Trinajstić information content (AvgIpc) is 2.99. The predicted molar refractivity (Wildman–Crippen MR) is 137 cm³/mol. The van der Waals surface area contributed by atoms with Crippen LogP contribution in [0.1, 0.15) is 25.3 Å². The van der Waals surface area contributed by atoms with E-state index in [-0.39, 0.29) is 47.0 Å². The zero-order valence-corrected chi connectivity index (χ0v) is 20.5. The Labute approximate surface area is 217 Å². The Kier molecular flexibility index (Phi) is 6.93. The number of nitriles is 1. The Morgan fingerprint density at radius 1 is 1.11 bits per heavy atom. The number of nitrogens with zero attached hydrogens (tertiary/aromatic N) is 4. The van der Waals surface area contributed by atoms with Crippen LogP contribution in [0.25, 0.3) is 11.1 Å². The number of urea groups is 1. The van der Waals surface area contributed by atoms with Crippen molar-refractivity contribution in [3.63, 3.8) is 0 Å². The number of fused-ring (bicyclic) bond motifs is 3. The molecule has 3 N–H and O–H groups in total. The molecule has 2 atom stereocenters. The molecule has 0 unspecified atom stereocenters. The number of hydrogen-bond donors (Lipinski definition) is 3. The van der Waals surface area contributed by atoms with Crippen LogP contribution in [0.4, 0.5) is 40.8 Å². The minimum Gasteiger partial charge on any atom is -0.392 e. The van der Waals surface area contributed by atoms with Gasteiger partial charge in [0.1, 0.15) is 17.3 Å². The van der Waals surface area contributed by atoms with Gasteiger partial charge in [-0.05, 0) is 50.1 Å². The number of anilines is 4. The third-order valence-corrected chi connectivity index (χ3v) is 6.82. The monoisotopic (exact) mass is 522 g/mol. The van der Waals surface area contributed by atoms with Crippen LogP contribution in [0.3, 0.4) is 0 Å². The lowest BCUT2D eigenvalue weighted by Gasteiger charge is -2.33. The van der Waals surface area contributed by atoms with E-state index in [0.717, 1.165) is 36.1 Å². The van der Waals surface area contributed by atoms with E-state index in [9.17, 15) is 19.6 Å². The molecule has 1 aliphatic heterocycles. The molecule has 1 aromatic heterocycles. The number of aromatic nitrogens is 1. The lowest BCUT2D eigenvalue weighted by atomic mass is 9.89. The first-order valence-electron chi connectivity index (χ1n) is 12.3. The van der Waals surface area contributed by atoms with Crippen molar-refractivity contribution in [3.8, 4) is 17.2 Å². The molecule has 38 heavy (non-hydrogen) atoms. The molecule has 1 saturated carbocycles. The highest BCUT2D eigenvalue weighted by atomic mass is 19.1. The molecule has 1 fully saturated rings. The van der Waals surface area contributed by atoms with Gasteiger partial charge in [0.05, 0.1) is 29.6 Å². The molecule has 2 aliphatic rings. The number of pyridine rings is 1. The standard InChI is InChI=1S/C27H25F3N6O2/c1-2-35-26-19(10-16(28)14-34-26)18-4-3-15(13-31)9-23(18)36(27(35)38)25-20(29)11-17(12-21(25)30)32-7-8-33-22-5-6-24(22)37/h3-4,9-12,14,22,24,32-33,37H,2,5-8H2,1H3/t22-,24+/m1/s1. The van der Waals surface area contributed by atoms with Crippen LogP contribution >= 0.6 is 0 Å². The van der Waals surface area contributed by atoms with Crippen LogP contribution in [0.5, 0.6) is 0 Å². The number of amides is 2. The second-order valence-electron chi connectivity index (χ2n) is 9.15. The van der Waals surface area contributed by atoms with Crippen LogP contribution in [0.15, 0.2) is 42.6 Å². The van der Waals surface area contributed by atoms with Crippen LogP contribution < -0.4 is 20.4 Å². The molecule has 2 heterocycles. The predicted octanol–water partition coefficient (Wildman–Crippen LogP) is 4.66. The highest BCUT2D eigenvalue weighted by Gasteiger charge is 2.36. The molecule has 0 radical (unpaired) electrons. The fourth-order valence-corrected chi connectivity index (χ4v) is 4.74. The van der Waals surface area contributed by atoms with Crippen LogP contribution in [-0.4, -0.2) is 47.9 Å². The smallest absolute Gasteiger partial charge is 0.334 e. The van der Waals surface area contributed by atoms with E-state index in [1.54, 1.807) is 6.92 Å². The fourth-order valence-electron chi connectivity index (χ4n) is 4.74. The summed E-state index contributed by atoms with van der Waals surface area (Å²) in [4.78, 5) is 19.9. The third-order valence-electron chi connectivity index (χ3n) is 6.82. The first-order valence-corrected chi connectivity index (χ1v) is 12.3. The summed E-state index contributed by atoms with van der Waals surface area (Å²) in [6, 6.07) is 8.89. The summed E-state index contributed by atoms with van der Waals surface area (Å²) in [6.07, 6.45) is 2.22. The van der Waals surface area contributed by atoms with Gasteiger partial charge in [-0.25, -0.2) is 22.9 Å². The van der Waals surface area contributed by atoms with Crippen LogP contribution in [0.2, 0.25) is 0 Å². The van der Waals surface area contributed by atoms with Gasteiger partial charge >= 0.3 is 6.03 Å². The summed E-state index contributed by atoms with van der Waals surface area (Å²) in [5.74, 6) is -2.52. The van der Waals surface area contributed by atoms with Gasteiger partial charge in [0.25, 0.3) is 0 Å². The Hall–Kier alpha value is -4.14. The van der Waals surface area contributed by atoms with E-state index in [0.29, 0.717) is 18.7 Å². The first-order chi connectivity index (χ1) is 18.3. The Balaban J connectivity index is 1.54. The molecular formula is C27H25F3N6O2. The molecule has 1 aliphatic carbocycles. The van der Waals surface area contributed by atoms with Gasteiger partial charge in [0.15, 0.2) is 11.6 Å². The van der Waals surface area contributed by atoms with Gasteiger partial charge in [-0.3, -0.25) is 9.80 Å². The maximum absolute atomic E-state index is 15.6. The summed E-state index contributed by atoms with van der Waals surface area (Å²) in [7, 11) is 0. The third kappa shape index (κ3) is 4.53. The number of nitrogens with one attached hydrogen (secondary N) is 2. The quantitative estimate of drug-likeness (QED) is 0.390. The van der Waals surface area contributed by atoms with Crippen molar-refractivity contribution >= 4 is 28.9 Å². The zero-order chi connectivity index (χ0) is 27.0. The molecule has 0 bridgehead atoms. The van der Waals surface area contributed by atoms with Gasteiger partial charge in [0.2, 0.25) is 0 Å². The minimum atomic E-state index is -1.00. The lowest BCUT2D eigenvalue weighted by Crippen LogP contribution is -2.49. The summed E-state index contributed by atoms with van der Waals surface area (Å²) >= 11 is 0. The Bertz CT molecular complexity index is 1420. The maximum Gasteiger partial charge on any atom is 0.334 e. The van der Waals surface area contributed by atoms with Crippen molar-refractivity contribution in [2.45, 2.75) is 31.9 Å². The molecular weight excluding hydrogens is 497 g/mol. The highest BCUT2D eigenvalue weighted by Crippen LogP contribution is 2.45. The Morgan fingerprint density at radius 3 is 2.50 bits per heavy atom. The molecule has 0 spiro atoms. The number of benzene rings is 2. The van der Waals surface area contributed by atoms with Crippen molar-refractivity contribution in [2.75, 3.05) is 34.8 Å². The van der Waals surface area contributed by atoms with Crippen molar-refractivity contribution in [2.24, 2.45) is 0 Å². The maximum atomic E-state index is 15.6. The van der Waals surface area contributed by atoms with Crippen LogP contribution in [-0.2, 0) is 0 Å². The molecule has 8 nitrogen and oxygen atoms in total. The van der Waals surface area contributed by atoms with E-state index < -0.39 is 29.2 Å². The summed E-state index contributed by atoms with van der Waals surface area (Å²) < 4.78 is 45.4. The number of carbonyl (C=O) groups excluding carboxylic acids is 1. The van der Waals surface area contributed by atoms with E-state index in [2.05, 4.69) is 15.6 Å². The molecule has 196 valence electrons. The molecule has 2 aromatic carbocycles. The van der Waals surface area contributed by atoms with E-state index in [1.165, 1.54) is 29.2 Å². The van der Waals surface area contributed by atoms with E-state index >= 15 is 8.78 Å². The number of aliphatic hydroxyl groups is 1. The van der Waals surface area contributed by atoms with Gasteiger partial charge in [-0.1, -0.05) is 6.07 Å². The topological polar surface area (TPSA) is 105 Å². The molecule has 11 heteroatoms. The number of halogens is 3. The first kappa shape index (κ1) is 25.5. The summed E-state index contributed by atoms with van der Waals surface area (Å²) in [6.45, 7) is 2.59. The van der Waals surface area contributed by atoms with Crippen LogP contribution in [0, 0.1) is 28.8 Å². The Morgan fingerprint density at radius 2 is 1.87 bits per heavy atom. The normalized spacial score (nSPS) is 18.3. The van der Waals surface area contributed by atoms with E-state index in [4.69, 9.17) is 0 Å². The lowest BCUT2D eigenvalue weighted by molar-refractivity contribution is 0.0509.